The van der Waals surface area contributed by atoms with Crippen LogP contribution >= 0.6 is 0 Å². The quantitative estimate of drug-likeness (QED) is 0.580. The Morgan fingerprint density at radius 2 is 2.20 bits per heavy atom. The van der Waals surface area contributed by atoms with Crippen molar-refractivity contribution >= 4 is 11.5 Å². The van der Waals surface area contributed by atoms with Crippen LogP contribution in [0.15, 0.2) is 6.07 Å². The van der Waals surface area contributed by atoms with Crippen molar-refractivity contribution in [3.05, 3.63) is 27.4 Å². The number of hydrogen-bond donors (Lipinski definition) is 2. The first-order valence-electron chi connectivity index (χ1n) is 3.89. The van der Waals surface area contributed by atoms with Crippen molar-refractivity contribution in [2.75, 3.05) is 5.73 Å². The molecule has 0 bridgehead atoms. The van der Waals surface area contributed by atoms with Crippen molar-refractivity contribution in [3.63, 3.8) is 0 Å². The standard InChI is InChI=1S/C7H8F2N4O2/c8-6(9)4-1-3(2-10)12-7(5(4)11)13(14)15/h1,6H,2,10-11H2. The van der Waals surface area contributed by atoms with Crippen molar-refractivity contribution in [3.8, 4) is 0 Å². The lowest BCUT2D eigenvalue weighted by molar-refractivity contribution is -0.388. The van der Waals surface area contributed by atoms with Gasteiger partial charge in [-0.05, 0) is 16.0 Å². The van der Waals surface area contributed by atoms with Gasteiger partial charge in [-0.15, -0.1) is 0 Å². The minimum absolute atomic E-state index is 0.00574. The molecule has 1 aromatic heterocycles. The van der Waals surface area contributed by atoms with Crippen LogP contribution in [-0.4, -0.2) is 9.91 Å². The van der Waals surface area contributed by atoms with E-state index in [0.29, 0.717) is 0 Å². The third-order valence-corrected chi connectivity index (χ3v) is 1.74. The lowest BCUT2D eigenvalue weighted by Gasteiger charge is -2.05. The number of rotatable bonds is 3. The summed E-state index contributed by atoms with van der Waals surface area (Å²) < 4.78 is 24.8. The van der Waals surface area contributed by atoms with Gasteiger partial charge in [0.2, 0.25) is 0 Å². The van der Waals surface area contributed by atoms with Crippen molar-refractivity contribution in [1.29, 1.82) is 0 Å². The molecule has 4 N–H and O–H groups in total. The highest BCUT2D eigenvalue weighted by Gasteiger charge is 2.24. The maximum Gasteiger partial charge on any atom is 0.387 e. The summed E-state index contributed by atoms with van der Waals surface area (Å²) in [4.78, 5) is 13.0. The Balaban J connectivity index is 3.40. The molecule has 0 aliphatic carbocycles. The van der Waals surface area contributed by atoms with Gasteiger partial charge in [0.15, 0.2) is 5.69 Å². The molecule has 0 aliphatic rings. The molecule has 0 unspecified atom stereocenters. The highest BCUT2D eigenvalue weighted by molar-refractivity contribution is 5.60. The molecule has 82 valence electrons. The number of anilines is 1. The number of nitrogens with zero attached hydrogens (tertiary/aromatic N) is 2. The van der Waals surface area contributed by atoms with Crippen LogP contribution in [0.5, 0.6) is 0 Å². The minimum Gasteiger partial charge on any atom is -0.391 e. The largest absolute Gasteiger partial charge is 0.391 e. The van der Waals surface area contributed by atoms with Gasteiger partial charge in [0.05, 0.1) is 12.1 Å². The minimum atomic E-state index is -2.89. The molecule has 0 aromatic carbocycles. The molecular weight excluding hydrogens is 210 g/mol. The Morgan fingerprint density at radius 1 is 1.60 bits per heavy atom. The van der Waals surface area contributed by atoms with Gasteiger partial charge >= 0.3 is 5.82 Å². The summed E-state index contributed by atoms with van der Waals surface area (Å²) in [5, 5.41) is 10.4. The maximum atomic E-state index is 12.4. The number of hydrogen-bond acceptors (Lipinski definition) is 5. The van der Waals surface area contributed by atoms with Crippen LogP contribution in [0.25, 0.3) is 0 Å². The smallest absolute Gasteiger partial charge is 0.387 e. The molecule has 0 aliphatic heterocycles. The Labute approximate surface area is 83.0 Å². The van der Waals surface area contributed by atoms with E-state index < -0.39 is 28.4 Å². The van der Waals surface area contributed by atoms with Crippen LogP contribution in [0.1, 0.15) is 17.7 Å². The first kappa shape index (κ1) is 11.2. The Hall–Kier alpha value is -1.83. The van der Waals surface area contributed by atoms with E-state index in [1.807, 2.05) is 0 Å². The number of nitrogen functional groups attached to an aromatic ring is 1. The van der Waals surface area contributed by atoms with Gasteiger partial charge < -0.3 is 21.6 Å². The second-order valence-electron chi connectivity index (χ2n) is 2.70. The van der Waals surface area contributed by atoms with E-state index in [9.17, 15) is 18.9 Å². The van der Waals surface area contributed by atoms with Crippen LogP contribution in [0, 0.1) is 10.1 Å². The molecule has 6 nitrogen and oxygen atoms in total. The van der Waals surface area contributed by atoms with Crippen LogP contribution < -0.4 is 11.5 Å². The van der Waals surface area contributed by atoms with Crippen molar-refractivity contribution in [1.82, 2.24) is 4.98 Å². The van der Waals surface area contributed by atoms with E-state index in [2.05, 4.69) is 4.98 Å². The fourth-order valence-electron chi connectivity index (χ4n) is 1.04. The average molecular weight is 218 g/mol. The molecule has 0 radical (unpaired) electrons. The van der Waals surface area contributed by atoms with E-state index in [1.165, 1.54) is 0 Å². The number of alkyl halides is 2. The predicted molar refractivity (Wildman–Crippen MR) is 48.2 cm³/mol. The highest BCUT2D eigenvalue weighted by atomic mass is 19.3. The van der Waals surface area contributed by atoms with Crippen molar-refractivity contribution < 1.29 is 13.7 Å². The lowest BCUT2D eigenvalue weighted by atomic mass is 10.2. The van der Waals surface area contributed by atoms with Crippen molar-refractivity contribution in [2.24, 2.45) is 5.73 Å². The van der Waals surface area contributed by atoms with Gasteiger partial charge in [-0.25, -0.2) is 8.78 Å². The Bertz CT molecular complexity index is 397. The van der Waals surface area contributed by atoms with Gasteiger partial charge in [0.25, 0.3) is 6.43 Å². The van der Waals surface area contributed by atoms with Gasteiger partial charge in [0.1, 0.15) is 5.69 Å². The summed E-state index contributed by atoms with van der Waals surface area (Å²) in [6, 6.07) is 0.965. The zero-order chi connectivity index (χ0) is 11.6. The summed E-state index contributed by atoms with van der Waals surface area (Å²) in [6.45, 7) is -0.166. The van der Waals surface area contributed by atoms with Crippen LogP contribution in [-0.2, 0) is 6.54 Å². The first-order valence-corrected chi connectivity index (χ1v) is 3.89. The fraction of sp³-hybridized carbons (Fsp3) is 0.286. The average Bonchev–Trinajstić information content (AvgIpc) is 2.17. The molecule has 0 saturated carbocycles. The summed E-state index contributed by atoms with van der Waals surface area (Å²) >= 11 is 0. The summed E-state index contributed by atoms with van der Waals surface area (Å²) in [7, 11) is 0. The Kier molecular flexibility index (Phi) is 3.10. The topological polar surface area (TPSA) is 108 Å². The number of nitrogens with two attached hydrogens (primary N) is 2. The maximum absolute atomic E-state index is 12.4. The van der Waals surface area contributed by atoms with E-state index in [0.717, 1.165) is 6.07 Å². The van der Waals surface area contributed by atoms with E-state index >= 15 is 0 Å². The summed E-state index contributed by atoms with van der Waals surface area (Å²) in [6.07, 6.45) is -2.89. The van der Waals surface area contributed by atoms with Gasteiger partial charge in [-0.3, -0.25) is 0 Å². The molecule has 0 amide bonds. The van der Waals surface area contributed by atoms with Crippen LogP contribution in [0.3, 0.4) is 0 Å². The first-order chi connectivity index (χ1) is 6.97. The lowest BCUT2D eigenvalue weighted by Crippen LogP contribution is -2.08. The molecule has 1 rings (SSSR count). The van der Waals surface area contributed by atoms with Crippen molar-refractivity contribution in [2.45, 2.75) is 13.0 Å². The van der Waals surface area contributed by atoms with Gasteiger partial charge in [0, 0.05) is 0 Å². The molecule has 1 heterocycles. The number of halogens is 2. The van der Waals surface area contributed by atoms with E-state index in [1.54, 1.807) is 0 Å². The molecule has 0 atom stereocenters. The number of pyridine rings is 1. The molecule has 0 fully saturated rings. The second kappa shape index (κ2) is 4.13. The summed E-state index contributed by atoms with van der Waals surface area (Å²) in [5.41, 5.74) is 9.12. The molecule has 0 saturated heterocycles. The summed E-state index contributed by atoms with van der Waals surface area (Å²) in [5.74, 6) is -0.784. The monoisotopic (exact) mass is 218 g/mol. The number of aromatic nitrogens is 1. The fourth-order valence-corrected chi connectivity index (χ4v) is 1.04. The SMILES string of the molecule is NCc1cc(C(F)F)c(N)c([N+](=O)[O-])n1. The molecular formula is C7H8F2N4O2. The van der Waals surface area contributed by atoms with E-state index in [-0.39, 0.29) is 12.2 Å². The third-order valence-electron chi connectivity index (χ3n) is 1.74. The second-order valence-corrected chi connectivity index (χ2v) is 2.70. The van der Waals surface area contributed by atoms with Gasteiger partial charge in [-0.1, -0.05) is 0 Å². The van der Waals surface area contributed by atoms with Gasteiger partial charge in [-0.2, -0.15) is 0 Å². The molecule has 8 heteroatoms. The van der Waals surface area contributed by atoms with Crippen LogP contribution in [0.4, 0.5) is 20.3 Å². The molecule has 15 heavy (non-hydrogen) atoms. The zero-order valence-electron chi connectivity index (χ0n) is 7.48. The highest BCUT2D eigenvalue weighted by Crippen LogP contribution is 2.31. The zero-order valence-corrected chi connectivity index (χ0v) is 7.48. The normalized spacial score (nSPS) is 10.7. The van der Waals surface area contributed by atoms with E-state index in [4.69, 9.17) is 11.5 Å². The Morgan fingerprint density at radius 3 is 2.60 bits per heavy atom. The number of nitro groups is 1. The molecule has 0 spiro atoms. The molecule has 1 aromatic rings. The predicted octanol–water partition coefficient (Wildman–Crippen LogP) is 0.968. The van der Waals surface area contributed by atoms with Crippen LogP contribution in [0.2, 0.25) is 0 Å². The third kappa shape index (κ3) is 2.15.